The molecule has 10 heteroatoms. The molecule has 0 bridgehead atoms. The number of likely N-dealkylation sites (N-methyl/N-ethyl adjacent to an activating group) is 1. The van der Waals surface area contributed by atoms with Crippen LogP contribution in [0.2, 0.25) is 0 Å². The number of fused-ring (bicyclic) bond motifs is 1. The van der Waals surface area contributed by atoms with Crippen LogP contribution >= 0.6 is 0 Å². The normalized spacial score (nSPS) is 24.8. The molecule has 1 N–H and O–H groups in total. The second-order valence-corrected chi connectivity index (χ2v) is 12.4. The molecular weight excluding hydrogens is 440 g/mol. The number of rotatable bonds is 5. The Labute approximate surface area is 185 Å². The molecule has 1 fully saturated rings. The Kier molecular flexibility index (Phi) is 7.03. The first-order valence-corrected chi connectivity index (χ1v) is 13.6. The van der Waals surface area contributed by atoms with Crippen LogP contribution in [0.3, 0.4) is 0 Å². The van der Waals surface area contributed by atoms with Gasteiger partial charge in [-0.3, -0.25) is 0 Å². The Bertz CT molecular complexity index is 1090. The zero-order chi connectivity index (χ0) is 23.0. The minimum atomic E-state index is -3.93. The van der Waals surface area contributed by atoms with Crippen molar-refractivity contribution in [3.05, 3.63) is 23.8 Å². The minimum Gasteiger partial charge on any atom is -0.487 e. The van der Waals surface area contributed by atoms with Crippen molar-refractivity contribution in [3.8, 4) is 17.6 Å². The van der Waals surface area contributed by atoms with E-state index in [0.29, 0.717) is 11.5 Å². The SMILES string of the molecule is C[C@H](CO)N1C[C@H](C)[C@@H](CN(C)S(C)(=O)=O)Oc2cc(C#CC3CC3)ccc2S1(=O)=O. The summed E-state index contributed by atoms with van der Waals surface area (Å²) in [6, 6.07) is 4.10. The van der Waals surface area contributed by atoms with Gasteiger partial charge in [-0.05, 0) is 38.0 Å². The molecule has 1 saturated carbocycles. The summed E-state index contributed by atoms with van der Waals surface area (Å²) >= 11 is 0. The molecule has 0 spiro atoms. The van der Waals surface area contributed by atoms with Gasteiger partial charge in [-0.1, -0.05) is 18.8 Å². The van der Waals surface area contributed by atoms with Gasteiger partial charge in [-0.25, -0.2) is 21.1 Å². The highest BCUT2D eigenvalue weighted by atomic mass is 32.2. The molecule has 1 aromatic carbocycles. The number of aliphatic hydroxyl groups excluding tert-OH is 1. The van der Waals surface area contributed by atoms with Crippen LogP contribution in [0.25, 0.3) is 0 Å². The van der Waals surface area contributed by atoms with Crippen LogP contribution in [-0.4, -0.2) is 75.7 Å². The van der Waals surface area contributed by atoms with E-state index in [2.05, 4.69) is 11.8 Å². The Balaban J connectivity index is 2.07. The molecule has 3 atom stereocenters. The second kappa shape index (κ2) is 9.08. The Morgan fingerprint density at radius 3 is 2.61 bits per heavy atom. The molecule has 3 rings (SSSR count). The van der Waals surface area contributed by atoms with Crippen molar-refractivity contribution in [1.82, 2.24) is 8.61 Å². The van der Waals surface area contributed by atoms with Crippen molar-refractivity contribution in [2.45, 2.75) is 43.7 Å². The molecule has 8 nitrogen and oxygen atoms in total. The monoisotopic (exact) mass is 470 g/mol. The van der Waals surface area contributed by atoms with E-state index >= 15 is 0 Å². The Morgan fingerprint density at radius 2 is 2.03 bits per heavy atom. The molecule has 0 saturated heterocycles. The molecule has 1 aliphatic heterocycles. The van der Waals surface area contributed by atoms with Gasteiger partial charge in [0.2, 0.25) is 20.0 Å². The smallest absolute Gasteiger partial charge is 0.247 e. The number of nitrogens with zero attached hydrogens (tertiary/aromatic N) is 2. The maximum Gasteiger partial charge on any atom is 0.247 e. The quantitative estimate of drug-likeness (QED) is 0.647. The van der Waals surface area contributed by atoms with Crippen LogP contribution in [0.4, 0.5) is 0 Å². The molecule has 172 valence electrons. The van der Waals surface area contributed by atoms with Gasteiger partial charge in [0.15, 0.2) is 0 Å². The van der Waals surface area contributed by atoms with Crippen LogP contribution < -0.4 is 4.74 Å². The molecular formula is C21H30N2O6S2. The van der Waals surface area contributed by atoms with Crippen molar-refractivity contribution in [2.24, 2.45) is 11.8 Å². The van der Waals surface area contributed by atoms with Gasteiger partial charge < -0.3 is 9.84 Å². The molecule has 0 unspecified atom stereocenters. The summed E-state index contributed by atoms with van der Waals surface area (Å²) in [6.07, 6.45) is 2.68. The van der Waals surface area contributed by atoms with E-state index in [0.717, 1.165) is 19.1 Å². The van der Waals surface area contributed by atoms with Crippen LogP contribution in [0.5, 0.6) is 5.75 Å². The lowest BCUT2D eigenvalue weighted by Crippen LogP contribution is -2.50. The fraction of sp³-hybridized carbons (Fsp3) is 0.619. The van der Waals surface area contributed by atoms with Gasteiger partial charge in [0, 0.05) is 37.0 Å². The molecule has 1 aromatic rings. The molecule has 0 radical (unpaired) electrons. The van der Waals surface area contributed by atoms with E-state index in [1.807, 2.05) is 6.92 Å². The zero-order valence-corrected chi connectivity index (χ0v) is 19.9. The third-order valence-corrected chi connectivity index (χ3v) is 8.97. The first-order valence-electron chi connectivity index (χ1n) is 10.3. The van der Waals surface area contributed by atoms with Crippen LogP contribution in [0.1, 0.15) is 32.3 Å². The lowest BCUT2D eigenvalue weighted by Gasteiger charge is -2.37. The lowest BCUT2D eigenvalue weighted by atomic mass is 10.0. The van der Waals surface area contributed by atoms with Crippen LogP contribution in [0.15, 0.2) is 23.1 Å². The van der Waals surface area contributed by atoms with E-state index in [1.165, 1.54) is 21.7 Å². The maximum atomic E-state index is 13.4. The predicted octanol–water partition coefficient (Wildman–Crippen LogP) is 1.11. The lowest BCUT2D eigenvalue weighted by molar-refractivity contribution is 0.0905. The van der Waals surface area contributed by atoms with Gasteiger partial charge in [-0.2, -0.15) is 4.31 Å². The highest BCUT2D eigenvalue weighted by Crippen LogP contribution is 2.34. The average molecular weight is 471 g/mol. The summed E-state index contributed by atoms with van der Waals surface area (Å²) < 4.78 is 59.3. The van der Waals surface area contributed by atoms with Gasteiger partial charge >= 0.3 is 0 Å². The summed E-state index contributed by atoms with van der Waals surface area (Å²) in [5, 5.41) is 9.66. The van der Waals surface area contributed by atoms with Crippen molar-refractivity contribution in [1.29, 1.82) is 0 Å². The molecule has 2 aliphatic rings. The standard InChI is InChI=1S/C21H30N2O6S2/c1-15-12-23(16(2)14-24)31(27,28)21-10-9-18(8-7-17-5-6-17)11-19(21)29-20(15)13-22(3)30(4,25)26/h9-11,15-17,20,24H,5-6,12-14H2,1-4H3/t15-,16+,20+/m0/s1. The van der Waals surface area contributed by atoms with E-state index in [4.69, 9.17) is 4.74 Å². The van der Waals surface area contributed by atoms with Crippen molar-refractivity contribution in [3.63, 3.8) is 0 Å². The molecule has 1 heterocycles. The van der Waals surface area contributed by atoms with Gasteiger partial charge in [0.25, 0.3) is 0 Å². The van der Waals surface area contributed by atoms with Crippen molar-refractivity contribution < 1.29 is 26.7 Å². The zero-order valence-electron chi connectivity index (χ0n) is 18.3. The second-order valence-electron chi connectivity index (χ2n) is 8.49. The first kappa shape index (κ1) is 24.0. The summed E-state index contributed by atoms with van der Waals surface area (Å²) in [5.74, 6) is 6.43. The molecule has 0 amide bonds. The summed E-state index contributed by atoms with van der Waals surface area (Å²) in [7, 11) is -5.91. The third kappa shape index (κ3) is 5.59. The number of hydrogen-bond acceptors (Lipinski definition) is 6. The first-order chi connectivity index (χ1) is 14.4. The summed E-state index contributed by atoms with van der Waals surface area (Å²) in [6.45, 7) is 3.28. The van der Waals surface area contributed by atoms with Crippen LogP contribution in [0, 0.1) is 23.7 Å². The molecule has 0 aromatic heterocycles. The molecule has 31 heavy (non-hydrogen) atoms. The topological polar surface area (TPSA) is 104 Å². The minimum absolute atomic E-state index is 0.0105. The fourth-order valence-corrected chi connectivity index (χ4v) is 5.57. The van der Waals surface area contributed by atoms with Gasteiger partial charge in [-0.15, -0.1) is 0 Å². The predicted molar refractivity (Wildman–Crippen MR) is 118 cm³/mol. The summed E-state index contributed by atoms with van der Waals surface area (Å²) in [5.41, 5.74) is 0.644. The number of sulfonamides is 2. The van der Waals surface area contributed by atoms with E-state index in [9.17, 15) is 21.9 Å². The Hall–Kier alpha value is -1.64. The van der Waals surface area contributed by atoms with Crippen molar-refractivity contribution in [2.75, 3.05) is 33.0 Å². The van der Waals surface area contributed by atoms with Crippen LogP contribution in [-0.2, 0) is 20.0 Å². The number of aliphatic hydroxyl groups is 1. The van der Waals surface area contributed by atoms with Gasteiger partial charge in [0.05, 0.1) is 19.4 Å². The third-order valence-electron chi connectivity index (χ3n) is 5.67. The fourth-order valence-electron chi connectivity index (χ4n) is 3.32. The van der Waals surface area contributed by atoms with E-state index in [1.54, 1.807) is 19.1 Å². The highest BCUT2D eigenvalue weighted by molar-refractivity contribution is 7.89. The van der Waals surface area contributed by atoms with E-state index < -0.39 is 32.2 Å². The van der Waals surface area contributed by atoms with E-state index in [-0.39, 0.29) is 36.3 Å². The number of hydrogen-bond donors (Lipinski definition) is 1. The maximum absolute atomic E-state index is 13.4. The highest BCUT2D eigenvalue weighted by Gasteiger charge is 2.38. The number of ether oxygens (including phenoxy) is 1. The molecule has 1 aliphatic carbocycles. The summed E-state index contributed by atoms with van der Waals surface area (Å²) in [4.78, 5) is -0.0105. The Morgan fingerprint density at radius 1 is 1.35 bits per heavy atom. The largest absolute Gasteiger partial charge is 0.487 e. The average Bonchev–Trinajstić information content (AvgIpc) is 3.52. The van der Waals surface area contributed by atoms with Crippen molar-refractivity contribution >= 4 is 20.0 Å². The number of benzene rings is 1. The van der Waals surface area contributed by atoms with Gasteiger partial charge in [0.1, 0.15) is 16.7 Å².